The molecule has 5 aliphatic rings. The summed E-state index contributed by atoms with van der Waals surface area (Å²) in [7, 11) is 1.70. The summed E-state index contributed by atoms with van der Waals surface area (Å²) < 4.78 is 14.4. The van der Waals surface area contributed by atoms with Crippen LogP contribution >= 0.6 is 0 Å². The zero-order chi connectivity index (χ0) is 23.3. The minimum absolute atomic E-state index is 0.00829. The van der Waals surface area contributed by atoms with E-state index >= 15 is 0 Å². The summed E-state index contributed by atoms with van der Waals surface area (Å²) in [6, 6.07) is -0.182. The number of amides is 3. The van der Waals surface area contributed by atoms with E-state index in [1.165, 1.54) is 4.90 Å². The van der Waals surface area contributed by atoms with Gasteiger partial charge in [0.1, 0.15) is 12.2 Å². The standard InChI is InChI=1S/C24H38FN5O3/c1-14-6-7-18(25)17-11-19(27-22(14)17)23(32)26-15-4-3-5-16(10-15)29-8-9-30-20(12-29)24(33)28(2)13-21(30)31/h14-20,22,27H,3-13H2,1-2H3,(H,26,32)/t14?,15-,16+,17?,18?,19?,20-,22?/m1/s1. The molecule has 3 amide bonds. The minimum Gasteiger partial charge on any atom is -0.352 e. The third kappa shape index (κ3) is 4.38. The molecule has 3 saturated heterocycles. The van der Waals surface area contributed by atoms with E-state index in [1.54, 1.807) is 11.9 Å². The van der Waals surface area contributed by atoms with Crippen LogP contribution in [0.5, 0.6) is 0 Å². The second kappa shape index (κ2) is 9.13. The summed E-state index contributed by atoms with van der Waals surface area (Å²) in [6.45, 7) is 4.27. The van der Waals surface area contributed by atoms with E-state index in [-0.39, 0.29) is 54.4 Å². The van der Waals surface area contributed by atoms with Crippen molar-refractivity contribution in [3.05, 3.63) is 0 Å². The highest BCUT2D eigenvalue weighted by molar-refractivity contribution is 5.95. The smallest absolute Gasteiger partial charge is 0.246 e. The molecule has 0 spiro atoms. The van der Waals surface area contributed by atoms with Crippen molar-refractivity contribution >= 4 is 17.7 Å². The van der Waals surface area contributed by atoms with Gasteiger partial charge in [-0.25, -0.2) is 4.39 Å². The van der Waals surface area contributed by atoms with Crippen molar-refractivity contribution < 1.29 is 18.8 Å². The van der Waals surface area contributed by atoms with Crippen LogP contribution in [0.25, 0.3) is 0 Å². The van der Waals surface area contributed by atoms with Crippen molar-refractivity contribution in [3.63, 3.8) is 0 Å². The summed E-state index contributed by atoms with van der Waals surface area (Å²) in [6.07, 6.45) is 5.16. The number of hydrogen-bond acceptors (Lipinski definition) is 5. The largest absolute Gasteiger partial charge is 0.352 e. The molecule has 5 fully saturated rings. The number of nitrogens with zero attached hydrogens (tertiary/aromatic N) is 3. The number of nitrogens with one attached hydrogen (secondary N) is 2. The number of piperazine rings is 2. The molecular formula is C24H38FN5O3. The number of alkyl halides is 1. The van der Waals surface area contributed by atoms with Crippen LogP contribution in [0.2, 0.25) is 0 Å². The first-order chi connectivity index (χ1) is 15.8. The quantitative estimate of drug-likeness (QED) is 0.637. The molecule has 3 aliphatic heterocycles. The highest BCUT2D eigenvalue weighted by Gasteiger charge is 2.47. The Kier molecular flexibility index (Phi) is 6.37. The van der Waals surface area contributed by atoms with E-state index in [9.17, 15) is 18.8 Å². The number of carbonyl (C=O) groups is 3. The van der Waals surface area contributed by atoms with Crippen molar-refractivity contribution in [2.45, 2.75) is 88.3 Å². The molecule has 2 saturated carbocycles. The van der Waals surface area contributed by atoms with Gasteiger partial charge in [0.15, 0.2) is 0 Å². The van der Waals surface area contributed by atoms with Gasteiger partial charge in [-0.2, -0.15) is 0 Å². The highest BCUT2D eigenvalue weighted by Crippen LogP contribution is 2.38. The molecule has 5 rings (SSSR count). The lowest BCUT2D eigenvalue weighted by atomic mass is 9.77. The van der Waals surface area contributed by atoms with Gasteiger partial charge >= 0.3 is 0 Å². The maximum atomic E-state index is 14.4. The molecular weight excluding hydrogens is 425 g/mol. The lowest BCUT2D eigenvalue weighted by molar-refractivity contribution is -0.159. The summed E-state index contributed by atoms with van der Waals surface area (Å²) in [5.41, 5.74) is 0. The van der Waals surface area contributed by atoms with Crippen LogP contribution in [0.4, 0.5) is 4.39 Å². The number of rotatable bonds is 3. The average Bonchev–Trinajstić information content (AvgIpc) is 3.27. The van der Waals surface area contributed by atoms with E-state index in [0.29, 0.717) is 37.9 Å². The van der Waals surface area contributed by atoms with Gasteiger partial charge in [-0.1, -0.05) is 6.92 Å². The first-order valence-electron chi connectivity index (χ1n) is 12.8. The SMILES string of the molecule is CC1CCC(F)C2CC(C(=O)N[C@@H]3CCC[C@H](N4CCN5C(=O)CN(C)C(=O)[C@H]5C4)C3)NC12. The van der Waals surface area contributed by atoms with Gasteiger partial charge in [0.05, 0.1) is 12.6 Å². The Hall–Kier alpha value is -1.74. The Morgan fingerprint density at radius 2 is 1.94 bits per heavy atom. The Morgan fingerprint density at radius 3 is 2.73 bits per heavy atom. The summed E-state index contributed by atoms with van der Waals surface area (Å²) in [5, 5.41) is 6.70. The van der Waals surface area contributed by atoms with Crippen LogP contribution in [0.15, 0.2) is 0 Å². The van der Waals surface area contributed by atoms with Gasteiger partial charge in [0.25, 0.3) is 0 Å². The molecule has 0 aromatic carbocycles. The molecule has 3 heterocycles. The number of likely N-dealkylation sites (N-methyl/N-ethyl adjacent to an activating group) is 1. The van der Waals surface area contributed by atoms with Crippen LogP contribution in [0.1, 0.15) is 51.9 Å². The number of carbonyl (C=O) groups excluding carboxylic acids is 3. The van der Waals surface area contributed by atoms with Gasteiger partial charge in [0.2, 0.25) is 17.7 Å². The van der Waals surface area contributed by atoms with E-state index in [2.05, 4.69) is 22.5 Å². The van der Waals surface area contributed by atoms with Gasteiger partial charge in [-0.15, -0.1) is 0 Å². The van der Waals surface area contributed by atoms with E-state index in [1.807, 2.05) is 0 Å². The van der Waals surface area contributed by atoms with E-state index < -0.39 is 6.17 Å². The summed E-state index contributed by atoms with van der Waals surface area (Å²) in [4.78, 5) is 43.7. The third-order valence-electron chi connectivity index (χ3n) is 8.93. The fourth-order valence-electron chi connectivity index (χ4n) is 7.00. The van der Waals surface area contributed by atoms with Crippen molar-refractivity contribution in [2.24, 2.45) is 11.8 Å². The van der Waals surface area contributed by atoms with Crippen LogP contribution in [0, 0.1) is 11.8 Å². The molecule has 8 atom stereocenters. The lowest BCUT2D eigenvalue weighted by Crippen LogP contribution is -2.67. The van der Waals surface area contributed by atoms with Crippen molar-refractivity contribution in [3.8, 4) is 0 Å². The maximum absolute atomic E-state index is 14.4. The molecule has 2 aliphatic carbocycles. The predicted molar refractivity (Wildman–Crippen MR) is 121 cm³/mol. The van der Waals surface area contributed by atoms with Crippen molar-refractivity contribution in [1.82, 2.24) is 25.3 Å². The first kappa shape index (κ1) is 23.0. The fraction of sp³-hybridized carbons (Fsp3) is 0.875. The first-order valence-corrected chi connectivity index (χ1v) is 12.8. The van der Waals surface area contributed by atoms with Crippen LogP contribution < -0.4 is 10.6 Å². The van der Waals surface area contributed by atoms with Gasteiger partial charge < -0.3 is 20.4 Å². The summed E-state index contributed by atoms with van der Waals surface area (Å²) >= 11 is 0. The Balaban J connectivity index is 1.16. The molecule has 2 N–H and O–H groups in total. The van der Waals surface area contributed by atoms with E-state index in [4.69, 9.17) is 0 Å². The predicted octanol–water partition coefficient (Wildman–Crippen LogP) is 0.513. The van der Waals surface area contributed by atoms with Gasteiger partial charge in [-0.05, 0) is 50.9 Å². The molecule has 184 valence electrons. The molecule has 5 unspecified atom stereocenters. The Morgan fingerprint density at radius 1 is 1.12 bits per heavy atom. The second-order valence-corrected chi connectivity index (χ2v) is 11.0. The summed E-state index contributed by atoms with van der Waals surface area (Å²) in [5.74, 6) is 0.424. The van der Waals surface area contributed by atoms with Crippen LogP contribution in [-0.2, 0) is 14.4 Å². The van der Waals surface area contributed by atoms with Gasteiger partial charge in [0, 0.05) is 50.7 Å². The molecule has 33 heavy (non-hydrogen) atoms. The topological polar surface area (TPSA) is 85.0 Å². The highest BCUT2D eigenvalue weighted by atomic mass is 19.1. The van der Waals surface area contributed by atoms with Crippen LogP contribution in [-0.4, -0.2) is 102 Å². The third-order valence-corrected chi connectivity index (χ3v) is 8.93. The Bertz CT molecular complexity index is 778. The average molecular weight is 464 g/mol. The maximum Gasteiger partial charge on any atom is 0.246 e. The number of fused-ring (bicyclic) bond motifs is 2. The molecule has 8 nitrogen and oxygen atoms in total. The minimum atomic E-state index is -0.803. The Labute approximate surface area is 195 Å². The van der Waals surface area contributed by atoms with Crippen molar-refractivity contribution in [1.29, 1.82) is 0 Å². The van der Waals surface area contributed by atoms with Gasteiger partial charge in [-0.3, -0.25) is 19.3 Å². The van der Waals surface area contributed by atoms with Crippen molar-refractivity contribution in [2.75, 3.05) is 33.2 Å². The fourth-order valence-corrected chi connectivity index (χ4v) is 7.00. The molecule has 0 radical (unpaired) electrons. The number of hydrogen-bond donors (Lipinski definition) is 2. The molecule has 9 heteroatoms. The van der Waals surface area contributed by atoms with Crippen LogP contribution in [0.3, 0.4) is 0 Å². The molecule has 0 aromatic heterocycles. The molecule has 0 bridgehead atoms. The lowest BCUT2D eigenvalue weighted by Gasteiger charge is -2.48. The second-order valence-electron chi connectivity index (χ2n) is 11.0. The number of halogens is 1. The monoisotopic (exact) mass is 463 g/mol. The zero-order valence-corrected chi connectivity index (χ0v) is 19.8. The molecule has 0 aromatic rings. The van der Waals surface area contributed by atoms with E-state index in [0.717, 1.165) is 38.6 Å². The zero-order valence-electron chi connectivity index (χ0n) is 19.8. The normalized spacial score (nSPS) is 42.2.